The van der Waals surface area contributed by atoms with Gasteiger partial charge in [-0.15, -0.1) is 0 Å². The van der Waals surface area contributed by atoms with Crippen LogP contribution in [0.5, 0.6) is 5.75 Å². The van der Waals surface area contributed by atoms with Crippen molar-refractivity contribution in [1.29, 1.82) is 0 Å². The fourth-order valence-electron chi connectivity index (χ4n) is 4.99. The van der Waals surface area contributed by atoms with E-state index >= 15 is 0 Å². The number of piperidine rings is 2. The molecule has 1 aromatic rings. The van der Waals surface area contributed by atoms with Gasteiger partial charge in [0.05, 0.1) is 11.5 Å². The van der Waals surface area contributed by atoms with Gasteiger partial charge in [0.2, 0.25) is 5.91 Å². The summed E-state index contributed by atoms with van der Waals surface area (Å²) in [5, 5.41) is 9.95. The van der Waals surface area contributed by atoms with Crippen molar-refractivity contribution in [2.24, 2.45) is 5.92 Å². The average Bonchev–Trinajstić information content (AvgIpc) is 3.28. The summed E-state index contributed by atoms with van der Waals surface area (Å²) < 4.78 is 0. The minimum atomic E-state index is -0.0859. The van der Waals surface area contributed by atoms with E-state index in [-0.39, 0.29) is 17.6 Å². The van der Waals surface area contributed by atoms with E-state index in [2.05, 4.69) is 9.80 Å². The molecule has 152 valence electrons. The molecule has 3 saturated heterocycles. The summed E-state index contributed by atoms with van der Waals surface area (Å²) in [7, 11) is 0. The molecule has 28 heavy (non-hydrogen) atoms. The number of para-hydroxylation sites is 1. The fourth-order valence-corrected chi connectivity index (χ4v) is 4.99. The molecule has 4 rings (SSSR count). The molecule has 0 radical (unpaired) electrons. The zero-order valence-electron chi connectivity index (χ0n) is 16.6. The van der Waals surface area contributed by atoms with Gasteiger partial charge in [-0.05, 0) is 57.2 Å². The number of benzene rings is 1. The molecule has 0 saturated carbocycles. The van der Waals surface area contributed by atoms with Gasteiger partial charge in [-0.25, -0.2) is 0 Å². The van der Waals surface area contributed by atoms with Gasteiger partial charge in [-0.3, -0.25) is 14.5 Å². The number of carbonyl (C=O) groups excluding carboxylic acids is 2. The van der Waals surface area contributed by atoms with Crippen LogP contribution in [-0.4, -0.2) is 76.9 Å². The highest BCUT2D eigenvalue weighted by molar-refractivity contribution is 5.96. The Morgan fingerprint density at radius 3 is 2.29 bits per heavy atom. The van der Waals surface area contributed by atoms with Crippen molar-refractivity contribution in [3.05, 3.63) is 29.8 Å². The SMILES string of the molecule is O=C(c1ccccc1O)N1CCC(N2CCCC(C(=O)N3CCCC3)C2)CC1. The number of phenolic OH excluding ortho intramolecular Hbond substituents is 1. The lowest BCUT2D eigenvalue weighted by molar-refractivity contribution is -0.136. The molecule has 3 heterocycles. The van der Waals surface area contributed by atoms with Crippen molar-refractivity contribution in [3.63, 3.8) is 0 Å². The van der Waals surface area contributed by atoms with Crippen molar-refractivity contribution >= 4 is 11.8 Å². The topological polar surface area (TPSA) is 64.1 Å². The number of amides is 2. The van der Waals surface area contributed by atoms with Crippen molar-refractivity contribution in [2.75, 3.05) is 39.3 Å². The molecule has 3 aliphatic heterocycles. The molecule has 6 heteroatoms. The molecule has 1 atom stereocenters. The zero-order valence-corrected chi connectivity index (χ0v) is 16.6. The van der Waals surface area contributed by atoms with Crippen LogP contribution in [-0.2, 0) is 4.79 Å². The Balaban J connectivity index is 1.31. The number of rotatable bonds is 3. The predicted molar refractivity (Wildman–Crippen MR) is 107 cm³/mol. The van der Waals surface area contributed by atoms with Crippen LogP contribution in [0.3, 0.4) is 0 Å². The molecule has 1 N–H and O–H groups in total. The first-order valence-electron chi connectivity index (χ1n) is 10.7. The van der Waals surface area contributed by atoms with Crippen LogP contribution >= 0.6 is 0 Å². The van der Waals surface area contributed by atoms with Gasteiger partial charge in [0.25, 0.3) is 5.91 Å². The van der Waals surface area contributed by atoms with Crippen LogP contribution in [0, 0.1) is 5.92 Å². The van der Waals surface area contributed by atoms with E-state index in [0.717, 1.165) is 64.7 Å². The summed E-state index contributed by atoms with van der Waals surface area (Å²) >= 11 is 0. The van der Waals surface area contributed by atoms with E-state index in [1.165, 1.54) is 0 Å². The van der Waals surface area contributed by atoms with Gasteiger partial charge in [0.1, 0.15) is 5.75 Å². The van der Waals surface area contributed by atoms with Gasteiger partial charge in [-0.2, -0.15) is 0 Å². The molecule has 3 aliphatic rings. The minimum Gasteiger partial charge on any atom is -0.507 e. The second-order valence-corrected chi connectivity index (χ2v) is 8.41. The number of aromatic hydroxyl groups is 1. The highest BCUT2D eigenvalue weighted by Gasteiger charge is 2.35. The molecule has 1 aromatic carbocycles. The average molecular weight is 386 g/mol. The first kappa shape index (κ1) is 19.2. The van der Waals surface area contributed by atoms with Gasteiger partial charge < -0.3 is 14.9 Å². The molecule has 0 aromatic heterocycles. The van der Waals surface area contributed by atoms with E-state index in [1.807, 2.05) is 4.90 Å². The van der Waals surface area contributed by atoms with E-state index in [4.69, 9.17) is 0 Å². The molecule has 3 fully saturated rings. The maximum absolute atomic E-state index is 12.8. The maximum atomic E-state index is 12.8. The lowest BCUT2D eigenvalue weighted by Crippen LogP contribution is -2.51. The Morgan fingerprint density at radius 2 is 1.57 bits per heavy atom. The van der Waals surface area contributed by atoms with E-state index < -0.39 is 0 Å². The van der Waals surface area contributed by atoms with Crippen LogP contribution in [0.1, 0.15) is 48.9 Å². The molecule has 0 spiro atoms. The van der Waals surface area contributed by atoms with Crippen LogP contribution in [0.15, 0.2) is 24.3 Å². The summed E-state index contributed by atoms with van der Waals surface area (Å²) in [5.41, 5.74) is 0.384. The Kier molecular flexibility index (Phi) is 5.85. The highest BCUT2D eigenvalue weighted by Crippen LogP contribution is 2.27. The number of hydrogen-bond donors (Lipinski definition) is 1. The number of phenols is 1. The summed E-state index contributed by atoms with van der Waals surface area (Å²) in [6.45, 7) is 5.21. The lowest BCUT2D eigenvalue weighted by atomic mass is 9.92. The Bertz CT molecular complexity index is 709. The van der Waals surface area contributed by atoms with Gasteiger partial charge >= 0.3 is 0 Å². The lowest BCUT2D eigenvalue weighted by Gasteiger charge is -2.42. The molecule has 0 aliphatic carbocycles. The predicted octanol–water partition coefficient (Wildman–Crippen LogP) is 2.33. The number of carbonyl (C=O) groups is 2. The molecular weight excluding hydrogens is 354 g/mol. The Labute approximate surface area is 167 Å². The highest BCUT2D eigenvalue weighted by atomic mass is 16.3. The normalized spacial score (nSPS) is 24.5. The van der Waals surface area contributed by atoms with Crippen molar-refractivity contribution in [1.82, 2.24) is 14.7 Å². The molecular formula is C22H31N3O3. The monoisotopic (exact) mass is 385 g/mol. The van der Waals surface area contributed by atoms with Gasteiger partial charge in [0.15, 0.2) is 0 Å². The largest absolute Gasteiger partial charge is 0.507 e. The van der Waals surface area contributed by atoms with Gasteiger partial charge in [-0.1, -0.05) is 12.1 Å². The van der Waals surface area contributed by atoms with Crippen molar-refractivity contribution < 1.29 is 14.7 Å². The quantitative estimate of drug-likeness (QED) is 0.867. The number of hydrogen-bond acceptors (Lipinski definition) is 4. The van der Waals surface area contributed by atoms with E-state index in [0.29, 0.717) is 30.6 Å². The molecule has 6 nitrogen and oxygen atoms in total. The fraction of sp³-hybridized carbons (Fsp3) is 0.636. The van der Waals surface area contributed by atoms with Crippen LogP contribution < -0.4 is 0 Å². The van der Waals surface area contributed by atoms with Gasteiger partial charge in [0, 0.05) is 38.8 Å². The third-order valence-corrected chi connectivity index (χ3v) is 6.62. The Morgan fingerprint density at radius 1 is 0.857 bits per heavy atom. The smallest absolute Gasteiger partial charge is 0.257 e. The molecule has 0 bridgehead atoms. The van der Waals surface area contributed by atoms with Crippen LogP contribution in [0.2, 0.25) is 0 Å². The Hall–Kier alpha value is -2.08. The van der Waals surface area contributed by atoms with Crippen LogP contribution in [0.4, 0.5) is 0 Å². The first-order valence-corrected chi connectivity index (χ1v) is 10.7. The third kappa shape index (κ3) is 4.02. The standard InChI is InChI=1S/C22H31N3O3/c26-20-8-2-1-7-19(20)22(28)24-14-9-18(10-15-24)25-13-5-6-17(16-25)21(27)23-11-3-4-12-23/h1-2,7-8,17-18,26H,3-6,9-16H2. The number of likely N-dealkylation sites (tertiary alicyclic amines) is 3. The summed E-state index contributed by atoms with van der Waals surface area (Å²) in [6, 6.07) is 7.20. The summed E-state index contributed by atoms with van der Waals surface area (Å²) in [6.07, 6.45) is 6.25. The summed E-state index contributed by atoms with van der Waals surface area (Å²) in [5.74, 6) is 0.466. The summed E-state index contributed by atoms with van der Waals surface area (Å²) in [4.78, 5) is 31.9. The second-order valence-electron chi connectivity index (χ2n) is 8.41. The second kappa shape index (κ2) is 8.52. The minimum absolute atomic E-state index is 0.0499. The first-order chi connectivity index (χ1) is 13.6. The third-order valence-electron chi connectivity index (χ3n) is 6.62. The number of nitrogens with zero attached hydrogens (tertiary/aromatic N) is 3. The molecule has 1 unspecified atom stereocenters. The zero-order chi connectivity index (χ0) is 19.5. The van der Waals surface area contributed by atoms with E-state index in [1.54, 1.807) is 24.3 Å². The van der Waals surface area contributed by atoms with Crippen molar-refractivity contribution in [2.45, 2.75) is 44.6 Å². The van der Waals surface area contributed by atoms with Crippen molar-refractivity contribution in [3.8, 4) is 5.75 Å². The van der Waals surface area contributed by atoms with E-state index in [9.17, 15) is 14.7 Å². The maximum Gasteiger partial charge on any atom is 0.257 e. The molecule has 2 amide bonds. The van der Waals surface area contributed by atoms with Crippen LogP contribution in [0.25, 0.3) is 0 Å².